The minimum Gasteiger partial charge on any atom is -0.286 e. The Balaban J connectivity index is 0.000000390. The van der Waals surface area contributed by atoms with Crippen molar-refractivity contribution in [2.24, 2.45) is 9.04 Å². The second-order valence-corrected chi connectivity index (χ2v) is 5.97. The second kappa shape index (κ2) is 9.90. The second-order valence-electron chi connectivity index (χ2n) is 3.85. The van der Waals surface area contributed by atoms with E-state index in [9.17, 15) is 26.4 Å². The molecule has 0 unspecified atom stereocenters. The van der Waals surface area contributed by atoms with E-state index in [-0.39, 0.29) is 0 Å². The van der Waals surface area contributed by atoms with Crippen LogP contribution in [0, 0.1) is 0 Å². The lowest BCUT2D eigenvalue weighted by Gasteiger charge is -2.06. The molecule has 0 atom stereocenters. The van der Waals surface area contributed by atoms with E-state index >= 15 is 0 Å². The first-order chi connectivity index (χ1) is 11.9. The molecule has 0 bridgehead atoms. The molecule has 0 saturated heterocycles. The van der Waals surface area contributed by atoms with E-state index in [2.05, 4.69) is 0 Å². The number of rotatable bonds is 2. The van der Waals surface area contributed by atoms with Gasteiger partial charge in [0.05, 0.1) is 9.04 Å². The molecule has 1 aliphatic carbocycles. The topological polar surface area (TPSA) is 240 Å². The van der Waals surface area contributed by atoms with Crippen LogP contribution < -0.4 is 0 Å². The number of benzene rings is 1. The van der Waals surface area contributed by atoms with Crippen molar-refractivity contribution in [1.29, 1.82) is 0 Å². The van der Waals surface area contributed by atoms with Gasteiger partial charge in [0.25, 0.3) is 0 Å². The highest BCUT2D eigenvalue weighted by atomic mass is 32.2. The third-order valence-electron chi connectivity index (χ3n) is 2.12. The summed E-state index contributed by atoms with van der Waals surface area (Å²) in [4.78, 5) is 25.7. The number of fused-ring (bicyclic) bond motifs is 1. The van der Waals surface area contributed by atoms with Crippen LogP contribution in [0.3, 0.4) is 0 Å². The van der Waals surface area contributed by atoms with E-state index in [1.165, 1.54) is 6.08 Å². The summed E-state index contributed by atoms with van der Waals surface area (Å²) in [6.07, 6.45) is 2.98. The Morgan fingerprint density at radius 1 is 0.846 bits per heavy atom. The summed E-state index contributed by atoms with van der Waals surface area (Å²) in [6, 6.07) is 7.07. The van der Waals surface area contributed by atoms with E-state index in [1.807, 2.05) is 21.2 Å². The number of Topliss-reactive ketones (excluding diaryl/α,β-unsaturated/α-hetero) is 1. The molecule has 0 saturated carbocycles. The van der Waals surface area contributed by atoms with Crippen LogP contribution in [0.5, 0.6) is 0 Å². The predicted octanol–water partition coefficient (Wildman–Crippen LogP) is 1.66. The fraction of sp³-hybridized carbons (Fsp3) is 0. The van der Waals surface area contributed by atoms with Crippen LogP contribution in [-0.4, -0.2) is 37.5 Å². The average molecular weight is 404 g/mol. The molecule has 2 rings (SSSR count). The van der Waals surface area contributed by atoms with E-state index in [1.54, 1.807) is 28.0 Å². The summed E-state index contributed by atoms with van der Waals surface area (Å²) in [5, 5.41) is 0. The van der Waals surface area contributed by atoms with Crippen molar-refractivity contribution in [3.8, 4) is 0 Å². The quantitative estimate of drug-likeness (QED) is 0.241. The van der Waals surface area contributed by atoms with Gasteiger partial charge < -0.3 is 0 Å². The lowest BCUT2D eigenvalue weighted by atomic mass is 9.96. The summed E-state index contributed by atoms with van der Waals surface area (Å²) >= 11 is 0. The Kier molecular flexibility index (Phi) is 8.66. The number of hydrogen-bond donors (Lipinski definition) is 2. The number of allylic oxidation sites excluding steroid dienone is 1. The first kappa shape index (κ1) is 22.7. The van der Waals surface area contributed by atoms with Gasteiger partial charge in [-0.2, -0.15) is 16.8 Å². The normalized spacial score (nSPS) is 12.1. The summed E-state index contributed by atoms with van der Waals surface area (Å²) in [5.41, 5.74) is 16.0. The molecule has 0 amide bonds. The number of carbonyl (C=O) groups excluding carboxylic acids is 2. The Labute approximate surface area is 145 Å². The van der Waals surface area contributed by atoms with Crippen molar-refractivity contribution in [1.82, 2.24) is 0 Å². The van der Waals surface area contributed by atoms with Crippen molar-refractivity contribution >= 4 is 38.3 Å². The van der Waals surface area contributed by atoms with Gasteiger partial charge in [0.1, 0.15) is 0 Å². The lowest BCUT2D eigenvalue weighted by molar-refractivity contribution is -0.110. The molecule has 0 aliphatic heterocycles. The molecular weight excluding hydrogens is 396 g/mol. The van der Waals surface area contributed by atoms with Crippen molar-refractivity contribution < 1.29 is 35.5 Å². The van der Waals surface area contributed by atoms with Crippen molar-refractivity contribution in [3.63, 3.8) is 0 Å². The highest BCUT2D eigenvalue weighted by Gasteiger charge is 2.19. The number of carbonyl (C=O) groups is 2. The molecular formula is C10H8N6O8S2. The molecule has 16 heteroatoms. The maximum absolute atomic E-state index is 11.2. The molecule has 138 valence electrons. The van der Waals surface area contributed by atoms with Crippen LogP contribution in [0.2, 0.25) is 0 Å². The Morgan fingerprint density at radius 2 is 1.31 bits per heavy atom. The predicted molar refractivity (Wildman–Crippen MR) is 86.2 cm³/mol. The van der Waals surface area contributed by atoms with Gasteiger partial charge in [-0.25, -0.2) is 0 Å². The smallest absolute Gasteiger partial charge is 0.286 e. The average Bonchev–Trinajstić information content (AvgIpc) is 2.50. The van der Waals surface area contributed by atoms with Crippen molar-refractivity contribution in [2.45, 2.75) is 0 Å². The number of nitrogens with zero attached hydrogens (tertiary/aromatic N) is 6. The minimum atomic E-state index is -4.47. The summed E-state index contributed by atoms with van der Waals surface area (Å²) in [5.74, 6) is -0.846. The SMILES string of the molecule is O=C1C=Cc2ccccc2C1=O.[N-]=[N+]=NS(=O)(=O)O.[N-]=[N+]=NS(=O)(=O)O. The van der Waals surface area contributed by atoms with E-state index < -0.39 is 32.2 Å². The maximum atomic E-state index is 11.2. The third kappa shape index (κ3) is 9.78. The molecule has 0 fully saturated rings. The molecule has 2 N–H and O–H groups in total. The van der Waals surface area contributed by atoms with Crippen molar-refractivity contribution in [2.75, 3.05) is 0 Å². The van der Waals surface area contributed by atoms with Gasteiger partial charge in [0.2, 0.25) is 11.6 Å². The first-order valence-corrected chi connectivity index (χ1v) is 8.64. The van der Waals surface area contributed by atoms with Gasteiger partial charge in [0, 0.05) is 15.4 Å². The van der Waals surface area contributed by atoms with E-state index in [0.717, 1.165) is 5.56 Å². The standard InChI is InChI=1S/C10H6O2.2HN3O3S/c11-9-6-5-7-3-1-2-4-8(7)10(9)12;2*1-2-3-7(4,5)6/h1-6H;2*(H,4,5,6). The largest absolute Gasteiger partial charge is 0.356 e. The van der Waals surface area contributed by atoms with Crippen LogP contribution >= 0.6 is 0 Å². The molecule has 1 aromatic rings. The zero-order valence-electron chi connectivity index (χ0n) is 12.3. The first-order valence-electron chi connectivity index (χ1n) is 5.84. The molecule has 0 aromatic heterocycles. The molecule has 0 heterocycles. The van der Waals surface area contributed by atoms with E-state index in [0.29, 0.717) is 5.56 Å². The molecule has 26 heavy (non-hydrogen) atoms. The van der Waals surface area contributed by atoms with Gasteiger partial charge in [0.15, 0.2) is 0 Å². The fourth-order valence-corrected chi connectivity index (χ4v) is 1.50. The molecule has 14 nitrogen and oxygen atoms in total. The van der Waals surface area contributed by atoms with Gasteiger partial charge in [-0.15, -0.1) is 0 Å². The van der Waals surface area contributed by atoms with Crippen LogP contribution in [0.4, 0.5) is 0 Å². The van der Waals surface area contributed by atoms with Gasteiger partial charge in [-0.05, 0) is 22.7 Å². The number of azide groups is 2. The minimum absolute atomic E-state index is 0.409. The monoisotopic (exact) mass is 404 g/mol. The van der Waals surface area contributed by atoms with Gasteiger partial charge >= 0.3 is 20.6 Å². The van der Waals surface area contributed by atoms with Crippen LogP contribution in [-0.2, 0) is 25.4 Å². The highest BCUT2D eigenvalue weighted by molar-refractivity contribution is 7.84. The van der Waals surface area contributed by atoms with Crippen LogP contribution in [0.15, 0.2) is 39.4 Å². The summed E-state index contributed by atoms with van der Waals surface area (Å²) < 4.78 is 56.5. The molecule has 1 aliphatic rings. The van der Waals surface area contributed by atoms with Crippen molar-refractivity contribution in [3.05, 3.63) is 62.4 Å². The summed E-state index contributed by atoms with van der Waals surface area (Å²) in [6.45, 7) is 0. The maximum Gasteiger partial charge on any atom is 0.356 e. The Hall–Kier alpha value is -3.26. The van der Waals surface area contributed by atoms with Gasteiger partial charge in [-0.3, -0.25) is 18.7 Å². The summed E-state index contributed by atoms with van der Waals surface area (Å²) in [7, 11) is -8.93. The number of hydrogen-bond acceptors (Lipinski definition) is 6. The third-order valence-corrected chi connectivity index (χ3v) is 2.68. The lowest BCUT2D eigenvalue weighted by Crippen LogP contribution is -2.15. The van der Waals surface area contributed by atoms with E-state index in [4.69, 9.17) is 20.2 Å². The molecule has 1 aromatic carbocycles. The Bertz CT molecular complexity index is 987. The fourth-order valence-electron chi connectivity index (χ4n) is 1.32. The highest BCUT2D eigenvalue weighted by Crippen LogP contribution is 2.16. The molecule has 0 radical (unpaired) electrons. The zero-order valence-corrected chi connectivity index (χ0v) is 13.9. The van der Waals surface area contributed by atoms with Crippen LogP contribution in [0.1, 0.15) is 15.9 Å². The van der Waals surface area contributed by atoms with Gasteiger partial charge in [-0.1, -0.05) is 30.3 Å². The van der Waals surface area contributed by atoms with Crippen LogP contribution in [0.25, 0.3) is 27.0 Å². The molecule has 0 spiro atoms. The Morgan fingerprint density at radius 3 is 1.69 bits per heavy atom. The zero-order chi connectivity index (χ0) is 20.4. The number of ketones is 2.